The second-order valence-corrected chi connectivity index (χ2v) is 3.72. The summed E-state index contributed by atoms with van der Waals surface area (Å²) in [6, 6.07) is 2.53. The molecule has 0 saturated heterocycles. The van der Waals surface area contributed by atoms with E-state index in [1.54, 1.807) is 13.8 Å². The highest BCUT2D eigenvalue weighted by Crippen LogP contribution is 2.14. The molecule has 0 fully saturated rings. The van der Waals surface area contributed by atoms with Gasteiger partial charge < -0.3 is 10.1 Å². The zero-order chi connectivity index (χ0) is 13.7. The summed E-state index contributed by atoms with van der Waals surface area (Å²) >= 11 is 0. The van der Waals surface area contributed by atoms with Crippen molar-refractivity contribution in [3.8, 4) is 0 Å². The Balaban J connectivity index is 2.70. The van der Waals surface area contributed by atoms with E-state index in [2.05, 4.69) is 10.1 Å². The second-order valence-electron chi connectivity index (χ2n) is 3.72. The maximum absolute atomic E-state index is 13.1. The Morgan fingerprint density at radius 2 is 2.11 bits per heavy atom. The standard InChI is InChI=1S/C12H13BFNO3/c1-3-18-12(17)6-11(16)15-10-5-8(13)9(14)4-7(10)2/h4-5H,3,6H2,1-2H3,(H,15,16). The molecule has 1 N–H and O–H groups in total. The lowest BCUT2D eigenvalue weighted by molar-refractivity contribution is -0.145. The number of carbonyl (C=O) groups excluding carboxylic acids is 2. The van der Waals surface area contributed by atoms with E-state index in [1.807, 2.05) is 0 Å². The van der Waals surface area contributed by atoms with Crippen molar-refractivity contribution in [3.05, 3.63) is 23.5 Å². The fraction of sp³-hybridized carbons (Fsp3) is 0.333. The van der Waals surface area contributed by atoms with E-state index >= 15 is 0 Å². The number of hydrogen-bond donors (Lipinski definition) is 1. The molecular weight excluding hydrogens is 236 g/mol. The van der Waals surface area contributed by atoms with Crippen LogP contribution in [0.25, 0.3) is 0 Å². The van der Waals surface area contributed by atoms with Gasteiger partial charge in [-0.2, -0.15) is 0 Å². The van der Waals surface area contributed by atoms with Gasteiger partial charge in [0.1, 0.15) is 20.1 Å². The molecule has 0 saturated carbocycles. The number of esters is 1. The quantitative estimate of drug-likeness (QED) is 0.488. The second kappa shape index (κ2) is 6.19. The van der Waals surface area contributed by atoms with E-state index in [9.17, 15) is 14.0 Å². The molecule has 2 radical (unpaired) electrons. The molecule has 0 spiro atoms. The van der Waals surface area contributed by atoms with E-state index in [1.165, 1.54) is 12.1 Å². The molecule has 1 aromatic rings. The zero-order valence-corrected chi connectivity index (χ0v) is 10.2. The number of amides is 1. The summed E-state index contributed by atoms with van der Waals surface area (Å²) in [7, 11) is 5.40. The van der Waals surface area contributed by atoms with Crippen molar-refractivity contribution < 1.29 is 18.7 Å². The average molecular weight is 249 g/mol. The molecule has 0 bridgehead atoms. The van der Waals surface area contributed by atoms with Gasteiger partial charge in [0.25, 0.3) is 0 Å². The molecule has 0 heterocycles. The third-order valence-corrected chi connectivity index (χ3v) is 2.23. The molecule has 0 aromatic heterocycles. The summed E-state index contributed by atoms with van der Waals surface area (Å²) in [4.78, 5) is 22.6. The number of aryl methyl sites for hydroxylation is 1. The first-order valence-corrected chi connectivity index (χ1v) is 5.45. The normalized spacial score (nSPS) is 9.94. The molecule has 0 aliphatic carbocycles. The third kappa shape index (κ3) is 3.87. The van der Waals surface area contributed by atoms with Crippen molar-refractivity contribution in [2.24, 2.45) is 0 Å². The van der Waals surface area contributed by atoms with E-state index in [-0.39, 0.29) is 18.5 Å². The van der Waals surface area contributed by atoms with Gasteiger partial charge in [0.15, 0.2) is 0 Å². The summed E-state index contributed by atoms with van der Waals surface area (Å²) in [6.07, 6.45) is -0.384. The number of halogens is 1. The summed E-state index contributed by atoms with van der Waals surface area (Å²) < 4.78 is 17.7. The first kappa shape index (κ1) is 14.2. The van der Waals surface area contributed by atoms with Gasteiger partial charge in [-0.25, -0.2) is 4.39 Å². The molecule has 4 nitrogen and oxygen atoms in total. The lowest BCUT2D eigenvalue weighted by Crippen LogP contribution is -2.20. The van der Waals surface area contributed by atoms with Gasteiger partial charge in [0, 0.05) is 5.69 Å². The van der Waals surface area contributed by atoms with E-state index in [0.29, 0.717) is 11.3 Å². The molecule has 1 rings (SSSR count). The van der Waals surface area contributed by atoms with Crippen molar-refractivity contribution in [3.63, 3.8) is 0 Å². The zero-order valence-electron chi connectivity index (χ0n) is 10.2. The first-order valence-electron chi connectivity index (χ1n) is 5.45. The summed E-state index contributed by atoms with van der Waals surface area (Å²) in [6.45, 7) is 3.50. The van der Waals surface area contributed by atoms with Gasteiger partial charge in [0.2, 0.25) is 5.91 Å². The van der Waals surface area contributed by atoms with Crippen LogP contribution in [0.15, 0.2) is 12.1 Å². The van der Waals surface area contributed by atoms with Crippen LogP contribution in [0.3, 0.4) is 0 Å². The van der Waals surface area contributed by atoms with Crippen LogP contribution < -0.4 is 10.8 Å². The SMILES string of the molecule is [B]c1cc(NC(=O)CC(=O)OCC)c(C)cc1F. The van der Waals surface area contributed by atoms with Crippen molar-refractivity contribution in [1.29, 1.82) is 0 Å². The Morgan fingerprint density at radius 1 is 1.44 bits per heavy atom. The number of nitrogens with one attached hydrogen (secondary N) is 1. The highest BCUT2D eigenvalue weighted by Gasteiger charge is 2.12. The predicted molar refractivity (Wildman–Crippen MR) is 66.4 cm³/mol. The number of carbonyl (C=O) groups is 2. The van der Waals surface area contributed by atoms with Gasteiger partial charge in [-0.1, -0.05) is 5.46 Å². The molecule has 1 amide bonds. The molecule has 94 valence electrons. The Bertz CT molecular complexity index is 477. The molecule has 6 heteroatoms. The van der Waals surface area contributed by atoms with E-state index in [4.69, 9.17) is 7.85 Å². The summed E-state index contributed by atoms with van der Waals surface area (Å²) in [5.74, 6) is -1.68. The monoisotopic (exact) mass is 249 g/mol. The van der Waals surface area contributed by atoms with Crippen LogP contribution >= 0.6 is 0 Å². The highest BCUT2D eigenvalue weighted by molar-refractivity contribution is 6.33. The van der Waals surface area contributed by atoms with Crippen LogP contribution in [0.1, 0.15) is 18.9 Å². The first-order chi connectivity index (χ1) is 8.43. The lowest BCUT2D eigenvalue weighted by Gasteiger charge is -2.10. The van der Waals surface area contributed by atoms with E-state index < -0.39 is 17.7 Å². The minimum Gasteiger partial charge on any atom is -0.466 e. The third-order valence-electron chi connectivity index (χ3n) is 2.23. The van der Waals surface area contributed by atoms with Crippen LogP contribution in [0, 0.1) is 12.7 Å². The van der Waals surface area contributed by atoms with Crippen molar-refractivity contribution in [2.75, 3.05) is 11.9 Å². The minimum atomic E-state index is -0.609. The van der Waals surface area contributed by atoms with Gasteiger partial charge in [-0.05, 0) is 31.5 Å². The molecule has 0 atom stereocenters. The van der Waals surface area contributed by atoms with Crippen LogP contribution in [0.4, 0.5) is 10.1 Å². The Kier molecular flexibility index (Phi) is 4.89. The fourth-order valence-electron chi connectivity index (χ4n) is 1.36. The Morgan fingerprint density at radius 3 is 2.72 bits per heavy atom. The number of rotatable bonds is 4. The molecular formula is C12H13BFNO3. The topological polar surface area (TPSA) is 55.4 Å². The van der Waals surface area contributed by atoms with E-state index in [0.717, 1.165) is 0 Å². The molecule has 0 aliphatic heterocycles. The smallest absolute Gasteiger partial charge is 0.315 e. The molecule has 1 aromatic carbocycles. The van der Waals surface area contributed by atoms with Crippen molar-refractivity contribution >= 4 is 30.9 Å². The van der Waals surface area contributed by atoms with Crippen LogP contribution in [0.2, 0.25) is 0 Å². The van der Waals surface area contributed by atoms with Gasteiger partial charge in [-0.3, -0.25) is 9.59 Å². The highest BCUT2D eigenvalue weighted by atomic mass is 19.1. The predicted octanol–water partition coefficient (Wildman–Crippen LogP) is 0.820. The van der Waals surface area contributed by atoms with Gasteiger partial charge in [0.05, 0.1) is 6.61 Å². The Labute approximate surface area is 106 Å². The number of benzene rings is 1. The van der Waals surface area contributed by atoms with Crippen molar-refractivity contribution in [1.82, 2.24) is 0 Å². The fourth-order valence-corrected chi connectivity index (χ4v) is 1.36. The van der Waals surface area contributed by atoms with Crippen LogP contribution in [0.5, 0.6) is 0 Å². The summed E-state index contributed by atoms with van der Waals surface area (Å²) in [5, 5.41) is 2.48. The maximum Gasteiger partial charge on any atom is 0.315 e. The lowest BCUT2D eigenvalue weighted by atomic mass is 9.93. The molecule has 18 heavy (non-hydrogen) atoms. The average Bonchev–Trinajstić information content (AvgIpc) is 2.26. The maximum atomic E-state index is 13.1. The molecule has 0 aliphatic rings. The Hall–Kier alpha value is -1.85. The number of ether oxygens (including phenoxy) is 1. The molecule has 0 unspecified atom stereocenters. The largest absolute Gasteiger partial charge is 0.466 e. The van der Waals surface area contributed by atoms with Crippen LogP contribution in [-0.4, -0.2) is 26.3 Å². The van der Waals surface area contributed by atoms with Crippen LogP contribution in [-0.2, 0) is 14.3 Å². The number of anilines is 1. The summed E-state index contributed by atoms with van der Waals surface area (Å²) in [5.41, 5.74) is 0.842. The van der Waals surface area contributed by atoms with Crippen molar-refractivity contribution in [2.45, 2.75) is 20.3 Å². The minimum absolute atomic E-state index is 0.0629. The number of hydrogen-bond acceptors (Lipinski definition) is 3. The van der Waals surface area contributed by atoms with Gasteiger partial charge >= 0.3 is 5.97 Å². The van der Waals surface area contributed by atoms with Gasteiger partial charge in [-0.15, -0.1) is 0 Å².